The Morgan fingerprint density at radius 3 is 2.58 bits per heavy atom. The van der Waals surface area contributed by atoms with Crippen molar-refractivity contribution >= 4 is 6.03 Å². The highest BCUT2D eigenvalue weighted by atomic mass is 19.3. The number of carbonyl (C=O) groups is 1. The third kappa shape index (κ3) is 5.06. The molecule has 24 heavy (non-hydrogen) atoms. The molecule has 1 N–H and O–H groups in total. The third-order valence-electron chi connectivity index (χ3n) is 4.36. The fourth-order valence-corrected chi connectivity index (χ4v) is 2.86. The molecule has 2 atom stereocenters. The van der Waals surface area contributed by atoms with E-state index in [1.165, 1.54) is 12.1 Å². The van der Waals surface area contributed by atoms with Gasteiger partial charge in [-0.2, -0.15) is 8.78 Å². The van der Waals surface area contributed by atoms with Gasteiger partial charge in [0.15, 0.2) is 0 Å². The molecule has 1 aliphatic heterocycles. The van der Waals surface area contributed by atoms with Crippen LogP contribution in [0.3, 0.4) is 0 Å². The monoisotopic (exact) mass is 341 g/mol. The maximum absolute atomic E-state index is 12.4. The van der Waals surface area contributed by atoms with E-state index in [0.717, 1.165) is 24.9 Å². The molecule has 0 bridgehead atoms. The number of carbonyl (C=O) groups excluding carboxylic acids is 1. The third-order valence-corrected chi connectivity index (χ3v) is 4.36. The summed E-state index contributed by atoms with van der Waals surface area (Å²) >= 11 is 0. The molecule has 1 heterocycles. The summed E-state index contributed by atoms with van der Waals surface area (Å²) in [6.07, 6.45) is 2.09. The van der Waals surface area contributed by atoms with Crippen LogP contribution >= 0.6 is 0 Å². The minimum absolute atomic E-state index is 0.0954. The van der Waals surface area contributed by atoms with Gasteiger partial charge in [0.25, 0.3) is 0 Å². The molecule has 7 heteroatoms. The van der Waals surface area contributed by atoms with E-state index in [4.69, 9.17) is 0 Å². The lowest BCUT2D eigenvalue weighted by Gasteiger charge is -2.36. The lowest BCUT2D eigenvalue weighted by molar-refractivity contribution is -0.0498. The van der Waals surface area contributed by atoms with Crippen molar-refractivity contribution in [2.24, 2.45) is 0 Å². The van der Waals surface area contributed by atoms with Gasteiger partial charge < -0.3 is 19.9 Å². The van der Waals surface area contributed by atoms with E-state index >= 15 is 0 Å². The van der Waals surface area contributed by atoms with Gasteiger partial charge in [-0.15, -0.1) is 0 Å². The van der Waals surface area contributed by atoms with Crippen molar-refractivity contribution in [3.8, 4) is 5.75 Å². The van der Waals surface area contributed by atoms with Crippen LogP contribution in [0.5, 0.6) is 5.75 Å². The molecule has 0 saturated carbocycles. The molecular weight excluding hydrogens is 316 g/mol. The second-order valence-corrected chi connectivity index (χ2v) is 6.32. The summed E-state index contributed by atoms with van der Waals surface area (Å²) in [6, 6.07) is 6.40. The number of halogens is 2. The fraction of sp³-hybridized carbons (Fsp3) is 0.588. The predicted molar refractivity (Wildman–Crippen MR) is 88.3 cm³/mol. The Bertz CT molecular complexity index is 537. The number of ether oxygens (including phenoxy) is 1. The summed E-state index contributed by atoms with van der Waals surface area (Å²) in [6.45, 7) is 0.502. The van der Waals surface area contributed by atoms with E-state index in [1.54, 1.807) is 12.1 Å². The van der Waals surface area contributed by atoms with Gasteiger partial charge in [-0.25, -0.2) is 4.79 Å². The SMILES string of the molecule is C[C@@H](NC(=O)N1CCC[C@H](N(C)C)C1)c1ccc(OC(F)F)cc1. The van der Waals surface area contributed by atoms with Crippen LogP contribution < -0.4 is 10.1 Å². The van der Waals surface area contributed by atoms with Crippen LogP contribution in [0.2, 0.25) is 0 Å². The first kappa shape index (κ1) is 18.4. The zero-order chi connectivity index (χ0) is 17.7. The zero-order valence-corrected chi connectivity index (χ0v) is 14.3. The largest absolute Gasteiger partial charge is 0.435 e. The lowest BCUT2D eigenvalue weighted by Crippen LogP contribution is -2.51. The highest BCUT2D eigenvalue weighted by molar-refractivity contribution is 5.74. The number of amides is 2. The summed E-state index contributed by atoms with van der Waals surface area (Å²) in [4.78, 5) is 16.4. The number of hydrogen-bond donors (Lipinski definition) is 1. The average molecular weight is 341 g/mol. The summed E-state index contributed by atoms with van der Waals surface area (Å²) in [5.41, 5.74) is 0.839. The van der Waals surface area contributed by atoms with Crippen molar-refractivity contribution < 1.29 is 18.3 Å². The molecule has 1 aromatic carbocycles. The molecule has 0 aromatic heterocycles. The van der Waals surface area contributed by atoms with E-state index in [-0.39, 0.29) is 17.8 Å². The van der Waals surface area contributed by atoms with E-state index in [1.807, 2.05) is 25.9 Å². The standard InChI is InChI=1S/C17H25F2N3O2/c1-12(13-6-8-15(9-7-13)24-16(18)19)20-17(23)22-10-4-5-14(11-22)21(2)3/h6-9,12,14,16H,4-5,10-11H2,1-3H3,(H,20,23)/t12-,14+/m1/s1. The normalized spacial score (nSPS) is 19.5. The molecule has 134 valence electrons. The van der Waals surface area contributed by atoms with E-state index in [9.17, 15) is 13.6 Å². The van der Waals surface area contributed by atoms with Crippen molar-refractivity contribution in [3.63, 3.8) is 0 Å². The Morgan fingerprint density at radius 1 is 1.33 bits per heavy atom. The molecule has 0 radical (unpaired) electrons. The van der Waals surface area contributed by atoms with Crippen molar-refractivity contribution in [2.45, 2.75) is 38.5 Å². The number of nitrogens with zero attached hydrogens (tertiary/aromatic N) is 2. The highest BCUT2D eigenvalue weighted by Crippen LogP contribution is 2.20. The maximum atomic E-state index is 12.4. The fourth-order valence-electron chi connectivity index (χ4n) is 2.86. The second-order valence-electron chi connectivity index (χ2n) is 6.32. The van der Waals surface area contributed by atoms with Gasteiger partial charge in [-0.3, -0.25) is 0 Å². The number of nitrogens with one attached hydrogen (secondary N) is 1. The highest BCUT2D eigenvalue weighted by Gasteiger charge is 2.25. The molecule has 5 nitrogen and oxygen atoms in total. The molecule has 2 amide bonds. The van der Waals surface area contributed by atoms with Gasteiger partial charge in [0.2, 0.25) is 0 Å². The summed E-state index contributed by atoms with van der Waals surface area (Å²) in [5, 5.41) is 2.97. The quantitative estimate of drug-likeness (QED) is 0.895. The molecular formula is C17H25F2N3O2. The minimum Gasteiger partial charge on any atom is -0.435 e. The van der Waals surface area contributed by atoms with Crippen LogP contribution in [0.25, 0.3) is 0 Å². The maximum Gasteiger partial charge on any atom is 0.387 e. The summed E-state index contributed by atoms with van der Waals surface area (Å²) in [7, 11) is 4.05. The van der Waals surface area contributed by atoms with Gasteiger partial charge in [0.05, 0.1) is 6.04 Å². The van der Waals surface area contributed by atoms with Crippen LogP contribution in [-0.2, 0) is 0 Å². The minimum atomic E-state index is -2.84. The molecule has 2 rings (SSSR count). The van der Waals surface area contributed by atoms with Crippen LogP contribution in [-0.4, -0.2) is 55.7 Å². The molecule has 0 aliphatic carbocycles. The summed E-state index contributed by atoms with van der Waals surface area (Å²) < 4.78 is 28.6. The molecule has 0 unspecified atom stereocenters. The molecule has 1 aromatic rings. The van der Waals surface area contributed by atoms with E-state index in [0.29, 0.717) is 12.6 Å². The van der Waals surface area contributed by atoms with Crippen molar-refractivity contribution in [3.05, 3.63) is 29.8 Å². The smallest absolute Gasteiger partial charge is 0.387 e. The van der Waals surface area contributed by atoms with Crippen LogP contribution in [0.15, 0.2) is 24.3 Å². The van der Waals surface area contributed by atoms with Gasteiger partial charge in [-0.1, -0.05) is 12.1 Å². The molecule has 1 aliphatic rings. The molecule has 1 saturated heterocycles. The van der Waals surface area contributed by atoms with Crippen LogP contribution in [0.1, 0.15) is 31.4 Å². The van der Waals surface area contributed by atoms with Gasteiger partial charge in [0.1, 0.15) is 5.75 Å². The van der Waals surface area contributed by atoms with Gasteiger partial charge in [-0.05, 0) is 51.6 Å². The number of rotatable bonds is 5. The molecule has 1 fully saturated rings. The summed E-state index contributed by atoms with van der Waals surface area (Å²) in [5.74, 6) is 0.108. The zero-order valence-electron chi connectivity index (χ0n) is 14.3. The Hall–Kier alpha value is -1.89. The Balaban J connectivity index is 1.91. The Morgan fingerprint density at radius 2 is 2.00 bits per heavy atom. The number of likely N-dealkylation sites (tertiary alicyclic amines) is 1. The Labute approximate surface area is 141 Å². The van der Waals surface area contributed by atoms with E-state index in [2.05, 4.69) is 15.0 Å². The second kappa shape index (κ2) is 8.28. The number of hydrogen-bond acceptors (Lipinski definition) is 3. The van der Waals surface area contributed by atoms with Crippen LogP contribution in [0.4, 0.5) is 13.6 Å². The first-order chi connectivity index (χ1) is 11.4. The number of benzene rings is 1. The first-order valence-corrected chi connectivity index (χ1v) is 8.13. The van der Waals surface area contributed by atoms with Gasteiger partial charge >= 0.3 is 12.6 Å². The number of alkyl halides is 2. The van der Waals surface area contributed by atoms with Crippen molar-refractivity contribution in [2.75, 3.05) is 27.2 Å². The topological polar surface area (TPSA) is 44.8 Å². The lowest BCUT2D eigenvalue weighted by atomic mass is 10.1. The first-order valence-electron chi connectivity index (χ1n) is 8.13. The Kier molecular flexibility index (Phi) is 6.36. The number of piperidine rings is 1. The van der Waals surface area contributed by atoms with Crippen LogP contribution in [0, 0.1) is 0 Å². The predicted octanol–water partition coefficient (Wildman–Crippen LogP) is 3.08. The average Bonchev–Trinajstić information content (AvgIpc) is 2.55. The van der Waals surface area contributed by atoms with Crippen molar-refractivity contribution in [1.82, 2.24) is 15.1 Å². The van der Waals surface area contributed by atoms with Gasteiger partial charge in [0, 0.05) is 19.1 Å². The number of urea groups is 1. The van der Waals surface area contributed by atoms with Crippen molar-refractivity contribution in [1.29, 1.82) is 0 Å². The number of likely N-dealkylation sites (N-methyl/N-ethyl adjacent to an activating group) is 1. The van der Waals surface area contributed by atoms with E-state index < -0.39 is 6.61 Å². The molecule has 0 spiro atoms.